The SMILES string of the molecule is CC.COC(=O)[C@H](C1=CCCC=C1)N1CCC(c2ccc(NC(=O)c3ccccc3-c3ccc(C(F)(F)F)cc3)cc2)CC1. The van der Waals surface area contributed by atoms with Gasteiger partial charge in [0.05, 0.1) is 12.7 Å². The van der Waals surface area contributed by atoms with Gasteiger partial charge >= 0.3 is 12.1 Å². The maximum atomic E-state index is 13.2. The van der Waals surface area contributed by atoms with Gasteiger partial charge in [-0.15, -0.1) is 0 Å². The molecule has 1 atom stereocenters. The number of likely N-dealkylation sites (tertiary alicyclic amines) is 1. The van der Waals surface area contributed by atoms with Crippen LogP contribution in [0.4, 0.5) is 18.9 Å². The van der Waals surface area contributed by atoms with Gasteiger partial charge in [0.2, 0.25) is 0 Å². The van der Waals surface area contributed by atoms with Crippen molar-refractivity contribution in [1.29, 1.82) is 0 Å². The third kappa shape index (κ3) is 7.85. The van der Waals surface area contributed by atoms with Crippen LogP contribution < -0.4 is 5.32 Å². The number of rotatable bonds is 7. The zero-order valence-electron chi connectivity index (χ0n) is 25.4. The number of nitrogens with one attached hydrogen (secondary N) is 1. The fourth-order valence-electron chi connectivity index (χ4n) is 5.74. The second-order valence-electron chi connectivity index (χ2n) is 10.6. The topological polar surface area (TPSA) is 58.6 Å². The Bertz CT molecular complexity index is 1470. The minimum atomic E-state index is -4.42. The molecule has 0 radical (unpaired) electrons. The molecule has 232 valence electrons. The molecule has 0 bridgehead atoms. The average Bonchev–Trinajstić information content (AvgIpc) is 3.06. The highest BCUT2D eigenvalue weighted by Gasteiger charge is 2.33. The van der Waals surface area contributed by atoms with Crippen LogP contribution in [0.1, 0.15) is 66.9 Å². The molecule has 0 unspecified atom stereocenters. The lowest BCUT2D eigenvalue weighted by atomic mass is 9.87. The van der Waals surface area contributed by atoms with E-state index in [2.05, 4.69) is 22.4 Å². The Balaban J connectivity index is 0.00000216. The average molecular weight is 605 g/mol. The number of amides is 1. The molecular formula is C36H39F3N2O3. The molecule has 5 rings (SSSR count). The first-order valence-electron chi connectivity index (χ1n) is 15.1. The van der Waals surface area contributed by atoms with Gasteiger partial charge in [0.25, 0.3) is 5.91 Å². The number of carbonyl (C=O) groups excluding carboxylic acids is 2. The van der Waals surface area contributed by atoms with Gasteiger partial charge in [0, 0.05) is 11.3 Å². The van der Waals surface area contributed by atoms with Crippen molar-refractivity contribution < 1.29 is 27.5 Å². The number of esters is 1. The van der Waals surface area contributed by atoms with E-state index in [4.69, 9.17) is 4.74 Å². The van der Waals surface area contributed by atoms with Crippen LogP contribution in [0.15, 0.2) is 96.6 Å². The van der Waals surface area contributed by atoms with Gasteiger partial charge < -0.3 is 10.1 Å². The van der Waals surface area contributed by atoms with E-state index in [0.29, 0.717) is 28.3 Å². The van der Waals surface area contributed by atoms with E-state index in [0.717, 1.165) is 56.5 Å². The molecule has 1 N–H and O–H groups in total. The highest BCUT2D eigenvalue weighted by atomic mass is 19.4. The fourth-order valence-corrected chi connectivity index (χ4v) is 5.74. The van der Waals surface area contributed by atoms with Crippen molar-refractivity contribution in [2.45, 2.75) is 57.7 Å². The molecule has 8 heteroatoms. The number of hydrogen-bond donors (Lipinski definition) is 1. The molecule has 1 fully saturated rings. The third-order valence-electron chi connectivity index (χ3n) is 7.99. The first kappa shape index (κ1) is 32.7. The number of piperidine rings is 1. The lowest BCUT2D eigenvalue weighted by molar-refractivity contribution is -0.145. The summed E-state index contributed by atoms with van der Waals surface area (Å²) in [4.78, 5) is 28.0. The highest BCUT2D eigenvalue weighted by molar-refractivity contribution is 6.08. The van der Waals surface area contributed by atoms with Crippen molar-refractivity contribution in [3.63, 3.8) is 0 Å². The molecule has 1 aliphatic carbocycles. The zero-order valence-corrected chi connectivity index (χ0v) is 25.4. The summed E-state index contributed by atoms with van der Waals surface area (Å²) in [7, 11) is 1.43. The summed E-state index contributed by atoms with van der Waals surface area (Å²) < 4.78 is 44.1. The van der Waals surface area contributed by atoms with Crippen molar-refractivity contribution in [1.82, 2.24) is 4.90 Å². The molecule has 1 heterocycles. The summed E-state index contributed by atoms with van der Waals surface area (Å²) in [6, 6.07) is 19.1. The Morgan fingerprint density at radius 3 is 2.16 bits per heavy atom. The Morgan fingerprint density at radius 1 is 0.909 bits per heavy atom. The number of allylic oxidation sites excluding steroid dienone is 2. The number of anilines is 1. The van der Waals surface area contributed by atoms with E-state index in [1.807, 2.05) is 44.2 Å². The fraction of sp³-hybridized carbons (Fsp3) is 0.333. The molecule has 2 aliphatic rings. The number of alkyl halides is 3. The normalized spacial score (nSPS) is 16.3. The molecule has 0 spiro atoms. The third-order valence-corrected chi connectivity index (χ3v) is 7.99. The van der Waals surface area contributed by atoms with Crippen molar-refractivity contribution in [3.05, 3.63) is 113 Å². The van der Waals surface area contributed by atoms with Crippen LogP contribution in [-0.2, 0) is 15.7 Å². The van der Waals surface area contributed by atoms with Gasteiger partial charge in [-0.3, -0.25) is 9.69 Å². The molecule has 44 heavy (non-hydrogen) atoms. The molecule has 5 nitrogen and oxygen atoms in total. The first-order chi connectivity index (χ1) is 21.2. The van der Waals surface area contributed by atoms with Gasteiger partial charge in [-0.05, 0) is 97.3 Å². The molecule has 3 aromatic rings. The van der Waals surface area contributed by atoms with Crippen molar-refractivity contribution in [3.8, 4) is 11.1 Å². The van der Waals surface area contributed by atoms with Gasteiger partial charge in [-0.1, -0.05) is 74.5 Å². The van der Waals surface area contributed by atoms with Crippen LogP contribution in [0.5, 0.6) is 0 Å². The van der Waals surface area contributed by atoms with Crippen LogP contribution in [0.25, 0.3) is 11.1 Å². The largest absolute Gasteiger partial charge is 0.468 e. The molecule has 0 saturated carbocycles. The second-order valence-corrected chi connectivity index (χ2v) is 10.6. The van der Waals surface area contributed by atoms with Crippen LogP contribution in [-0.4, -0.2) is 43.0 Å². The summed E-state index contributed by atoms with van der Waals surface area (Å²) in [6.07, 6.45) is 5.56. The number of nitrogens with zero attached hydrogens (tertiary/aromatic N) is 1. The molecule has 1 saturated heterocycles. The molecule has 1 aliphatic heterocycles. The molecule has 0 aromatic heterocycles. The van der Waals surface area contributed by atoms with Crippen LogP contribution in [0, 0.1) is 0 Å². The number of methoxy groups -OCH3 is 1. The predicted octanol–water partition coefficient (Wildman–Crippen LogP) is 8.65. The van der Waals surface area contributed by atoms with Crippen LogP contribution >= 0.6 is 0 Å². The first-order valence-corrected chi connectivity index (χ1v) is 15.1. The summed E-state index contributed by atoms with van der Waals surface area (Å²) >= 11 is 0. The summed E-state index contributed by atoms with van der Waals surface area (Å²) in [5, 5.41) is 2.92. The molecule has 3 aromatic carbocycles. The number of hydrogen-bond acceptors (Lipinski definition) is 4. The minimum absolute atomic E-state index is 0.230. The van der Waals surface area contributed by atoms with E-state index >= 15 is 0 Å². The number of benzene rings is 3. The summed E-state index contributed by atoms with van der Waals surface area (Å²) in [6.45, 7) is 5.55. The van der Waals surface area contributed by atoms with Crippen molar-refractivity contribution >= 4 is 17.6 Å². The number of ether oxygens (including phenoxy) is 1. The maximum Gasteiger partial charge on any atom is 0.416 e. The van der Waals surface area contributed by atoms with Crippen LogP contribution in [0.3, 0.4) is 0 Å². The molecule has 1 amide bonds. The second kappa shape index (κ2) is 15.0. The Hall–Kier alpha value is -4.17. The Kier molecular flexibility index (Phi) is 11.2. The minimum Gasteiger partial charge on any atom is -0.468 e. The van der Waals surface area contributed by atoms with E-state index in [-0.39, 0.29) is 17.9 Å². The van der Waals surface area contributed by atoms with Crippen molar-refractivity contribution in [2.24, 2.45) is 0 Å². The number of carbonyl (C=O) groups is 2. The van der Waals surface area contributed by atoms with Gasteiger partial charge in [0.1, 0.15) is 6.04 Å². The molecular weight excluding hydrogens is 565 g/mol. The van der Waals surface area contributed by atoms with Gasteiger partial charge in [-0.25, -0.2) is 4.79 Å². The van der Waals surface area contributed by atoms with E-state index in [1.54, 1.807) is 24.3 Å². The summed E-state index contributed by atoms with van der Waals surface area (Å²) in [5.41, 5.74) is 3.52. The Labute approximate surface area is 257 Å². The highest BCUT2D eigenvalue weighted by Crippen LogP contribution is 2.33. The lowest BCUT2D eigenvalue weighted by Gasteiger charge is -2.37. The lowest BCUT2D eigenvalue weighted by Crippen LogP contribution is -2.46. The zero-order chi connectivity index (χ0) is 31.7. The number of halogens is 3. The van der Waals surface area contributed by atoms with Crippen molar-refractivity contribution in [2.75, 3.05) is 25.5 Å². The van der Waals surface area contributed by atoms with Gasteiger partial charge in [0.15, 0.2) is 0 Å². The standard InChI is InChI=1S/C34H33F3N2O3.C2H6/c1-42-33(41)31(26-7-3-2-4-8-26)39-21-19-24(20-22-39)23-13-17-28(18-14-23)38-32(40)30-10-6-5-9-29(30)25-11-15-27(16-12-25)34(35,36)37;1-2/h3,5-18,24,31H,2,4,19-22H2,1H3,(H,38,40);1-2H3/t31-;/m0./s1. The Morgan fingerprint density at radius 2 is 1.57 bits per heavy atom. The van der Waals surface area contributed by atoms with E-state index < -0.39 is 11.7 Å². The smallest absolute Gasteiger partial charge is 0.416 e. The van der Waals surface area contributed by atoms with Gasteiger partial charge in [-0.2, -0.15) is 13.2 Å². The monoisotopic (exact) mass is 604 g/mol. The summed E-state index contributed by atoms with van der Waals surface area (Å²) in [5.74, 6) is -0.238. The van der Waals surface area contributed by atoms with Crippen LogP contribution in [0.2, 0.25) is 0 Å². The van der Waals surface area contributed by atoms with E-state index in [9.17, 15) is 22.8 Å². The predicted molar refractivity (Wildman–Crippen MR) is 168 cm³/mol. The van der Waals surface area contributed by atoms with E-state index in [1.165, 1.54) is 24.8 Å². The maximum absolute atomic E-state index is 13.2. The quantitative estimate of drug-likeness (QED) is 0.274.